The lowest BCUT2D eigenvalue weighted by atomic mass is 10.2. The van der Waals surface area contributed by atoms with Crippen molar-refractivity contribution in [2.24, 2.45) is 0 Å². The van der Waals surface area contributed by atoms with Gasteiger partial charge in [-0.15, -0.1) is 0 Å². The topological polar surface area (TPSA) is 51.0 Å². The molecule has 0 spiro atoms. The van der Waals surface area contributed by atoms with Crippen LogP contribution in [0, 0.1) is 0 Å². The molecule has 0 bridgehead atoms. The Labute approximate surface area is 87.8 Å². The van der Waals surface area contributed by atoms with E-state index in [1.54, 1.807) is 0 Å². The van der Waals surface area contributed by atoms with Crippen molar-refractivity contribution in [2.45, 2.75) is 31.6 Å². The Bertz CT molecular complexity index is 283. The van der Waals surface area contributed by atoms with Gasteiger partial charge in [-0.3, -0.25) is 0 Å². The van der Waals surface area contributed by atoms with Crippen LogP contribution in [0.25, 0.3) is 0 Å². The normalized spacial score (nSPS) is 21.6. The first-order valence-corrected chi connectivity index (χ1v) is 6.19. The van der Waals surface area contributed by atoms with E-state index in [0.717, 1.165) is 36.2 Å². The number of thioether (sulfide) groups is 1. The van der Waals surface area contributed by atoms with E-state index >= 15 is 0 Å². The number of aromatic nitrogens is 2. The summed E-state index contributed by atoms with van der Waals surface area (Å²) in [7, 11) is 0. The van der Waals surface area contributed by atoms with Crippen LogP contribution in [0.4, 0.5) is 0 Å². The molecule has 5 heteroatoms. The Morgan fingerprint density at radius 1 is 1.64 bits per heavy atom. The monoisotopic (exact) mass is 213 g/mol. The molecule has 1 fully saturated rings. The Hall–Kier alpha value is -0.550. The zero-order valence-corrected chi connectivity index (χ0v) is 9.14. The Balaban J connectivity index is 1.94. The first-order valence-electron chi connectivity index (χ1n) is 5.03. The first-order chi connectivity index (χ1) is 6.90. The van der Waals surface area contributed by atoms with Crippen LogP contribution < -0.4 is 5.32 Å². The third-order valence-electron chi connectivity index (χ3n) is 2.28. The van der Waals surface area contributed by atoms with Crippen LogP contribution >= 0.6 is 11.8 Å². The molecule has 0 radical (unpaired) electrons. The van der Waals surface area contributed by atoms with E-state index in [4.69, 9.17) is 4.52 Å². The molecule has 1 aromatic rings. The number of nitrogens with one attached hydrogen (secondary N) is 1. The molecule has 1 aliphatic heterocycles. The Morgan fingerprint density at radius 2 is 2.57 bits per heavy atom. The summed E-state index contributed by atoms with van der Waals surface area (Å²) in [6.07, 6.45) is 2.31. The molecule has 0 aromatic carbocycles. The molecule has 1 unspecified atom stereocenters. The minimum atomic E-state index is 0.294. The SMILES string of the molecule is CCSCc1noc(C2CCCN2)n1. The molecule has 1 aliphatic rings. The van der Waals surface area contributed by atoms with Gasteiger partial charge in [-0.1, -0.05) is 12.1 Å². The maximum Gasteiger partial charge on any atom is 0.243 e. The van der Waals surface area contributed by atoms with Gasteiger partial charge in [-0.25, -0.2) is 0 Å². The minimum Gasteiger partial charge on any atom is -0.338 e. The number of nitrogens with zero attached hydrogens (tertiary/aromatic N) is 2. The number of hydrogen-bond acceptors (Lipinski definition) is 5. The van der Waals surface area contributed by atoms with Crippen LogP contribution in [0.1, 0.15) is 37.5 Å². The smallest absolute Gasteiger partial charge is 0.243 e. The van der Waals surface area contributed by atoms with E-state index in [2.05, 4.69) is 22.4 Å². The maximum atomic E-state index is 5.21. The fourth-order valence-electron chi connectivity index (χ4n) is 1.56. The average molecular weight is 213 g/mol. The molecule has 0 amide bonds. The van der Waals surface area contributed by atoms with E-state index in [-0.39, 0.29) is 0 Å². The first kappa shape index (κ1) is 9.98. The van der Waals surface area contributed by atoms with Crippen LogP contribution in [0.3, 0.4) is 0 Å². The predicted molar refractivity (Wildman–Crippen MR) is 56.1 cm³/mol. The average Bonchev–Trinajstić information content (AvgIpc) is 2.85. The standard InChI is InChI=1S/C9H15N3OS/c1-2-14-6-8-11-9(13-12-8)7-4-3-5-10-7/h7,10H,2-6H2,1H3. The second kappa shape index (κ2) is 4.79. The molecule has 1 saturated heterocycles. The molecule has 1 aromatic heterocycles. The molecular weight excluding hydrogens is 198 g/mol. The fraction of sp³-hybridized carbons (Fsp3) is 0.778. The van der Waals surface area contributed by atoms with E-state index in [1.807, 2.05) is 11.8 Å². The van der Waals surface area contributed by atoms with Crippen molar-refractivity contribution in [3.05, 3.63) is 11.7 Å². The second-order valence-corrected chi connectivity index (χ2v) is 4.61. The van der Waals surface area contributed by atoms with Gasteiger partial charge in [-0.05, 0) is 25.1 Å². The van der Waals surface area contributed by atoms with Gasteiger partial charge in [0.2, 0.25) is 5.89 Å². The van der Waals surface area contributed by atoms with Gasteiger partial charge in [0.05, 0.1) is 11.8 Å². The Morgan fingerprint density at radius 3 is 3.29 bits per heavy atom. The summed E-state index contributed by atoms with van der Waals surface area (Å²) in [5.74, 6) is 3.52. The molecule has 1 N–H and O–H groups in total. The number of hydrogen-bond donors (Lipinski definition) is 1. The van der Waals surface area contributed by atoms with Crippen molar-refractivity contribution < 1.29 is 4.52 Å². The molecule has 4 nitrogen and oxygen atoms in total. The second-order valence-electron chi connectivity index (χ2n) is 3.33. The van der Waals surface area contributed by atoms with Crippen molar-refractivity contribution in [1.29, 1.82) is 0 Å². The van der Waals surface area contributed by atoms with Crippen molar-refractivity contribution >= 4 is 11.8 Å². The minimum absolute atomic E-state index is 0.294. The highest BCUT2D eigenvalue weighted by Gasteiger charge is 2.21. The van der Waals surface area contributed by atoms with Crippen molar-refractivity contribution in [2.75, 3.05) is 12.3 Å². The van der Waals surface area contributed by atoms with Gasteiger partial charge in [-0.2, -0.15) is 16.7 Å². The van der Waals surface area contributed by atoms with Crippen LogP contribution in [-0.4, -0.2) is 22.4 Å². The molecule has 1 atom stereocenters. The quantitative estimate of drug-likeness (QED) is 0.825. The van der Waals surface area contributed by atoms with Crippen LogP contribution in [0.2, 0.25) is 0 Å². The van der Waals surface area contributed by atoms with Crippen molar-refractivity contribution in [3.8, 4) is 0 Å². The van der Waals surface area contributed by atoms with E-state index in [9.17, 15) is 0 Å². The molecule has 2 heterocycles. The van der Waals surface area contributed by atoms with Crippen LogP contribution in [0.15, 0.2) is 4.52 Å². The molecule has 2 rings (SSSR count). The summed E-state index contributed by atoms with van der Waals surface area (Å²) in [5.41, 5.74) is 0. The zero-order chi connectivity index (χ0) is 9.80. The fourth-order valence-corrected chi connectivity index (χ4v) is 2.06. The number of rotatable bonds is 4. The highest BCUT2D eigenvalue weighted by molar-refractivity contribution is 7.98. The molecule has 78 valence electrons. The summed E-state index contributed by atoms with van der Waals surface area (Å²) in [4.78, 5) is 4.37. The van der Waals surface area contributed by atoms with Gasteiger partial charge in [0, 0.05) is 0 Å². The van der Waals surface area contributed by atoms with Gasteiger partial charge >= 0.3 is 0 Å². The Kier molecular flexibility index (Phi) is 3.42. The van der Waals surface area contributed by atoms with Crippen molar-refractivity contribution in [3.63, 3.8) is 0 Å². The summed E-state index contributed by atoms with van der Waals surface area (Å²) in [6.45, 7) is 3.19. The predicted octanol–water partition coefficient (Wildman–Crippen LogP) is 1.75. The lowest BCUT2D eigenvalue weighted by Gasteiger charge is -2.01. The van der Waals surface area contributed by atoms with E-state index in [1.165, 1.54) is 6.42 Å². The lowest BCUT2D eigenvalue weighted by molar-refractivity contribution is 0.342. The summed E-state index contributed by atoms with van der Waals surface area (Å²) in [5, 5.41) is 7.29. The summed E-state index contributed by atoms with van der Waals surface area (Å²) in [6, 6.07) is 0.294. The molecule has 0 aliphatic carbocycles. The molecule has 14 heavy (non-hydrogen) atoms. The van der Waals surface area contributed by atoms with Crippen molar-refractivity contribution in [1.82, 2.24) is 15.5 Å². The maximum absolute atomic E-state index is 5.21. The van der Waals surface area contributed by atoms with Gasteiger partial charge in [0.1, 0.15) is 0 Å². The third kappa shape index (κ3) is 2.27. The zero-order valence-electron chi connectivity index (χ0n) is 8.32. The highest BCUT2D eigenvalue weighted by Crippen LogP contribution is 2.21. The van der Waals surface area contributed by atoms with E-state index in [0.29, 0.717) is 6.04 Å². The largest absolute Gasteiger partial charge is 0.338 e. The third-order valence-corrected chi connectivity index (χ3v) is 3.15. The van der Waals surface area contributed by atoms with Gasteiger partial charge in [0.25, 0.3) is 0 Å². The van der Waals surface area contributed by atoms with Crippen LogP contribution in [0.5, 0.6) is 0 Å². The van der Waals surface area contributed by atoms with Gasteiger partial charge < -0.3 is 9.84 Å². The van der Waals surface area contributed by atoms with Crippen LogP contribution in [-0.2, 0) is 5.75 Å². The molecule has 0 saturated carbocycles. The van der Waals surface area contributed by atoms with E-state index < -0.39 is 0 Å². The lowest BCUT2D eigenvalue weighted by Crippen LogP contribution is -2.13. The summed E-state index contributed by atoms with van der Waals surface area (Å²) < 4.78 is 5.21. The highest BCUT2D eigenvalue weighted by atomic mass is 32.2. The van der Waals surface area contributed by atoms with Gasteiger partial charge in [0.15, 0.2) is 5.82 Å². The molecular formula is C9H15N3OS. The summed E-state index contributed by atoms with van der Waals surface area (Å²) >= 11 is 1.81.